The van der Waals surface area contributed by atoms with E-state index < -0.39 is 10.0 Å². The zero-order valence-corrected chi connectivity index (χ0v) is 18.3. The molecule has 158 valence electrons. The summed E-state index contributed by atoms with van der Waals surface area (Å²) in [7, 11) is -0.457. The van der Waals surface area contributed by atoms with Crippen LogP contribution in [0.2, 0.25) is 0 Å². The van der Waals surface area contributed by atoms with Crippen LogP contribution in [0.15, 0.2) is 41.3 Å². The number of methoxy groups -OCH3 is 2. The molecular weight excluding hydrogens is 390 g/mol. The third-order valence-corrected chi connectivity index (χ3v) is 7.06. The summed E-state index contributed by atoms with van der Waals surface area (Å²) in [4.78, 5) is 0.246. The van der Waals surface area contributed by atoms with Crippen LogP contribution in [0.5, 0.6) is 11.5 Å². The van der Waals surface area contributed by atoms with Gasteiger partial charge in [0, 0.05) is 30.7 Å². The van der Waals surface area contributed by atoms with E-state index in [1.165, 1.54) is 0 Å². The predicted octanol–water partition coefficient (Wildman–Crippen LogP) is 3.35. The van der Waals surface area contributed by atoms with Crippen molar-refractivity contribution in [1.29, 1.82) is 0 Å². The molecule has 0 aliphatic carbocycles. The molecule has 7 heteroatoms. The fourth-order valence-electron chi connectivity index (χ4n) is 4.09. The maximum Gasteiger partial charge on any atom is 0.240 e. The zero-order valence-electron chi connectivity index (χ0n) is 17.4. The van der Waals surface area contributed by atoms with Crippen LogP contribution in [0, 0.1) is 13.8 Å². The molecule has 2 aromatic rings. The molecule has 29 heavy (non-hydrogen) atoms. The minimum Gasteiger partial charge on any atom is -0.496 e. The van der Waals surface area contributed by atoms with Gasteiger partial charge >= 0.3 is 0 Å². The van der Waals surface area contributed by atoms with Crippen molar-refractivity contribution in [2.75, 3.05) is 34.0 Å². The molecule has 1 aliphatic rings. The van der Waals surface area contributed by atoms with Gasteiger partial charge in [0.1, 0.15) is 11.5 Å². The monoisotopic (exact) mass is 419 g/mol. The minimum atomic E-state index is -3.68. The lowest BCUT2D eigenvalue weighted by molar-refractivity contribution is 0.0509. The summed E-state index contributed by atoms with van der Waals surface area (Å²) in [6.07, 6.45) is 1.44. The molecule has 1 aliphatic heterocycles. The third-order valence-electron chi connectivity index (χ3n) is 5.68. The molecule has 1 fully saturated rings. The summed E-state index contributed by atoms with van der Waals surface area (Å²) in [5.74, 6) is 1.48. The second-order valence-corrected chi connectivity index (χ2v) is 9.27. The molecule has 0 atom stereocenters. The summed E-state index contributed by atoms with van der Waals surface area (Å²) < 4.78 is 45.5. The second kappa shape index (κ2) is 8.73. The average molecular weight is 420 g/mol. The van der Waals surface area contributed by atoms with Gasteiger partial charge in [-0.2, -0.15) is 0 Å². The average Bonchev–Trinajstić information content (AvgIpc) is 2.73. The van der Waals surface area contributed by atoms with Crippen LogP contribution in [0.25, 0.3) is 0 Å². The quantitative estimate of drug-likeness (QED) is 0.745. The van der Waals surface area contributed by atoms with Gasteiger partial charge in [-0.15, -0.1) is 0 Å². The Morgan fingerprint density at radius 1 is 1.03 bits per heavy atom. The van der Waals surface area contributed by atoms with Gasteiger partial charge in [-0.3, -0.25) is 0 Å². The topological polar surface area (TPSA) is 73.9 Å². The van der Waals surface area contributed by atoms with Crippen LogP contribution in [0.4, 0.5) is 0 Å². The molecule has 1 saturated heterocycles. The highest BCUT2D eigenvalue weighted by atomic mass is 32.2. The molecular formula is C22H29NO5S. The number of benzene rings is 2. The van der Waals surface area contributed by atoms with Gasteiger partial charge < -0.3 is 14.2 Å². The van der Waals surface area contributed by atoms with Crippen molar-refractivity contribution in [2.45, 2.75) is 37.0 Å². The number of ether oxygens (including phenoxy) is 3. The van der Waals surface area contributed by atoms with Crippen molar-refractivity contribution in [3.8, 4) is 11.5 Å². The van der Waals surface area contributed by atoms with E-state index in [1.54, 1.807) is 26.4 Å². The lowest BCUT2D eigenvalue weighted by atomic mass is 9.74. The lowest BCUT2D eigenvalue weighted by Crippen LogP contribution is -2.44. The maximum absolute atomic E-state index is 13.1. The number of hydrogen-bond acceptors (Lipinski definition) is 5. The normalized spacial score (nSPS) is 16.4. The van der Waals surface area contributed by atoms with Gasteiger partial charge in [0.2, 0.25) is 10.0 Å². The number of hydrogen-bond donors (Lipinski definition) is 1. The van der Waals surface area contributed by atoms with E-state index >= 15 is 0 Å². The first-order chi connectivity index (χ1) is 13.8. The highest BCUT2D eigenvalue weighted by Crippen LogP contribution is 2.39. The maximum atomic E-state index is 13.1. The smallest absolute Gasteiger partial charge is 0.240 e. The van der Waals surface area contributed by atoms with Crippen molar-refractivity contribution in [2.24, 2.45) is 0 Å². The van der Waals surface area contributed by atoms with Crippen LogP contribution < -0.4 is 14.2 Å². The Morgan fingerprint density at radius 3 is 2.24 bits per heavy atom. The lowest BCUT2D eigenvalue weighted by Gasteiger charge is -2.38. The number of nitrogens with one attached hydrogen (secondary N) is 1. The molecule has 0 spiro atoms. The molecule has 0 saturated carbocycles. The molecule has 0 amide bonds. The van der Waals surface area contributed by atoms with E-state index in [9.17, 15) is 8.42 Å². The van der Waals surface area contributed by atoms with Crippen molar-refractivity contribution in [3.05, 3.63) is 53.1 Å². The van der Waals surface area contributed by atoms with Gasteiger partial charge in [0.05, 0.1) is 19.1 Å². The first-order valence-corrected chi connectivity index (χ1v) is 11.2. The van der Waals surface area contributed by atoms with Crippen LogP contribution in [-0.2, 0) is 20.2 Å². The molecule has 0 radical (unpaired) electrons. The first-order valence-electron chi connectivity index (χ1n) is 9.69. The summed E-state index contributed by atoms with van der Waals surface area (Å²) in [6.45, 7) is 5.14. The molecule has 0 aromatic heterocycles. The van der Waals surface area contributed by atoms with Crippen LogP contribution in [-0.4, -0.2) is 42.4 Å². The van der Waals surface area contributed by atoms with E-state index in [1.807, 2.05) is 38.1 Å². The Bertz CT molecular complexity index is 942. The van der Waals surface area contributed by atoms with E-state index in [0.717, 1.165) is 35.3 Å². The Hall–Kier alpha value is -2.09. The highest BCUT2D eigenvalue weighted by Gasteiger charge is 2.38. The number of rotatable bonds is 7. The van der Waals surface area contributed by atoms with E-state index in [-0.39, 0.29) is 16.9 Å². The molecule has 1 N–H and O–H groups in total. The van der Waals surface area contributed by atoms with E-state index in [0.29, 0.717) is 19.0 Å². The molecule has 3 rings (SSSR count). The van der Waals surface area contributed by atoms with Crippen LogP contribution in [0.3, 0.4) is 0 Å². The fourth-order valence-corrected chi connectivity index (χ4v) is 5.39. The summed E-state index contributed by atoms with van der Waals surface area (Å²) in [5.41, 5.74) is 2.21. The van der Waals surface area contributed by atoms with Gasteiger partial charge in [0.25, 0.3) is 0 Å². The Balaban J connectivity index is 1.92. The molecule has 1 heterocycles. The Labute approximate surface area is 173 Å². The molecule has 0 bridgehead atoms. The predicted molar refractivity (Wildman–Crippen MR) is 112 cm³/mol. The van der Waals surface area contributed by atoms with Gasteiger partial charge in [-0.1, -0.05) is 18.2 Å². The summed E-state index contributed by atoms with van der Waals surface area (Å²) >= 11 is 0. The summed E-state index contributed by atoms with van der Waals surface area (Å²) in [5, 5.41) is 0. The minimum absolute atomic E-state index is 0.246. The first kappa shape index (κ1) is 21.6. The fraction of sp³-hybridized carbons (Fsp3) is 0.455. The standard InChI is InChI=1S/C22H29NO5S/c1-16-13-18(14-17(2)21(16)27-4)29(24,25)23-15-22(9-11-28-12-10-22)19-7-5-6-8-20(19)26-3/h5-8,13-14,23H,9-12,15H2,1-4H3. The number of sulfonamides is 1. The SMILES string of the molecule is COc1ccccc1C1(CNS(=O)(=O)c2cc(C)c(OC)c(C)c2)CCOCC1. The Morgan fingerprint density at radius 2 is 1.66 bits per heavy atom. The third kappa shape index (κ3) is 4.42. The summed E-state index contributed by atoms with van der Waals surface area (Å²) in [6, 6.07) is 11.1. The van der Waals surface area contributed by atoms with Gasteiger partial charge in [0.15, 0.2) is 0 Å². The van der Waals surface area contributed by atoms with Crippen molar-refractivity contribution in [3.63, 3.8) is 0 Å². The number of para-hydroxylation sites is 1. The van der Waals surface area contributed by atoms with Crippen molar-refractivity contribution >= 4 is 10.0 Å². The van der Waals surface area contributed by atoms with Crippen LogP contribution >= 0.6 is 0 Å². The van der Waals surface area contributed by atoms with Crippen molar-refractivity contribution < 1.29 is 22.6 Å². The van der Waals surface area contributed by atoms with Crippen molar-refractivity contribution in [1.82, 2.24) is 4.72 Å². The zero-order chi connectivity index (χ0) is 21.1. The van der Waals surface area contributed by atoms with Crippen LogP contribution in [0.1, 0.15) is 29.5 Å². The van der Waals surface area contributed by atoms with E-state index in [2.05, 4.69) is 4.72 Å². The molecule has 2 aromatic carbocycles. The van der Waals surface area contributed by atoms with Gasteiger partial charge in [-0.25, -0.2) is 13.1 Å². The second-order valence-electron chi connectivity index (χ2n) is 7.51. The Kier molecular flexibility index (Phi) is 6.51. The van der Waals surface area contributed by atoms with Gasteiger partial charge in [-0.05, 0) is 56.0 Å². The van der Waals surface area contributed by atoms with E-state index in [4.69, 9.17) is 14.2 Å². The molecule has 6 nitrogen and oxygen atoms in total. The largest absolute Gasteiger partial charge is 0.496 e. The number of aryl methyl sites for hydroxylation is 2. The molecule has 0 unspecified atom stereocenters. The highest BCUT2D eigenvalue weighted by molar-refractivity contribution is 7.89.